The molecule has 1 aliphatic heterocycles. The van der Waals surface area contributed by atoms with E-state index in [4.69, 9.17) is 0 Å². The number of thiazole rings is 1. The topological polar surface area (TPSA) is 62.6 Å². The Morgan fingerprint density at radius 3 is 2.41 bits per heavy atom. The number of nitrogens with zero attached hydrogens (tertiary/aromatic N) is 3. The molecular weight excluding hydrogens is 463 g/mol. The summed E-state index contributed by atoms with van der Waals surface area (Å²) in [5, 5.41) is 0. The Labute approximate surface area is 187 Å². The Kier molecular flexibility index (Phi) is 6.08. The third-order valence-corrected chi connectivity index (χ3v) is 8.34. The van der Waals surface area contributed by atoms with Crippen LogP contribution in [0.5, 0.6) is 0 Å². The van der Waals surface area contributed by atoms with Crippen LogP contribution in [0.15, 0.2) is 52.2 Å². The first-order chi connectivity index (χ1) is 15.1. The van der Waals surface area contributed by atoms with Gasteiger partial charge < -0.3 is 4.90 Å². The number of fused-ring (bicyclic) bond motifs is 1. The number of hydrogen-bond acceptors (Lipinski definition) is 5. The van der Waals surface area contributed by atoms with E-state index in [0.717, 1.165) is 35.4 Å². The number of alkyl halides is 3. The lowest BCUT2D eigenvalue weighted by atomic mass is 10.1. The molecule has 0 radical (unpaired) electrons. The van der Waals surface area contributed by atoms with E-state index >= 15 is 0 Å². The Balaban J connectivity index is 1.53. The minimum Gasteiger partial charge on any atom is -0.369 e. The van der Waals surface area contributed by atoms with E-state index in [1.807, 2.05) is 6.92 Å². The highest BCUT2D eigenvalue weighted by Gasteiger charge is 2.32. The van der Waals surface area contributed by atoms with Crippen molar-refractivity contribution in [3.8, 4) is 0 Å². The van der Waals surface area contributed by atoms with Crippen molar-refractivity contribution in [1.29, 1.82) is 0 Å². The van der Waals surface area contributed by atoms with Crippen molar-refractivity contribution < 1.29 is 21.6 Å². The van der Waals surface area contributed by atoms with Crippen LogP contribution in [-0.2, 0) is 22.7 Å². The van der Waals surface area contributed by atoms with Crippen molar-refractivity contribution in [1.82, 2.24) is 8.87 Å². The summed E-state index contributed by atoms with van der Waals surface area (Å²) in [5.74, 6) is 0. The van der Waals surface area contributed by atoms with Crippen LogP contribution in [0.1, 0.15) is 18.9 Å². The van der Waals surface area contributed by atoms with Gasteiger partial charge in [-0.1, -0.05) is 24.3 Å². The molecule has 2 aromatic carbocycles. The Bertz CT molecular complexity index is 1290. The second kappa shape index (κ2) is 8.53. The van der Waals surface area contributed by atoms with E-state index in [0.29, 0.717) is 16.9 Å². The molecule has 11 heteroatoms. The Morgan fingerprint density at radius 1 is 1.03 bits per heavy atom. The maximum atomic E-state index is 13.2. The number of benzene rings is 2. The third-order valence-electron chi connectivity index (χ3n) is 5.50. The molecule has 0 spiro atoms. The average Bonchev–Trinajstić information content (AvgIpc) is 3.08. The first-order valence-electron chi connectivity index (χ1n) is 10.2. The minimum atomic E-state index is -4.43. The summed E-state index contributed by atoms with van der Waals surface area (Å²) >= 11 is 1.02. The average molecular weight is 486 g/mol. The summed E-state index contributed by atoms with van der Waals surface area (Å²) in [6.45, 7) is 3.41. The summed E-state index contributed by atoms with van der Waals surface area (Å²) in [6.07, 6.45) is -3.64. The number of anilines is 1. The summed E-state index contributed by atoms with van der Waals surface area (Å²) in [4.78, 5) is 13.9. The van der Waals surface area contributed by atoms with Gasteiger partial charge in [0.25, 0.3) is 0 Å². The standard InChI is InChI=1S/C21H22F3N3O3S2/c1-2-8-27-18-7-6-17(14-19(18)31-20(27)28)32(29,30)26-11-9-25(10-12-26)16-5-3-4-15(13-16)21(22,23)24/h3-7,13-14H,2,8-12H2,1H3. The molecule has 1 fully saturated rings. The molecule has 0 N–H and O–H groups in total. The van der Waals surface area contributed by atoms with Crippen molar-refractivity contribution in [2.75, 3.05) is 31.1 Å². The zero-order valence-electron chi connectivity index (χ0n) is 17.3. The van der Waals surface area contributed by atoms with Gasteiger partial charge in [-0.3, -0.25) is 9.36 Å². The number of aryl methyl sites for hydroxylation is 1. The van der Waals surface area contributed by atoms with Gasteiger partial charge in [0.15, 0.2) is 0 Å². The lowest BCUT2D eigenvalue weighted by Gasteiger charge is -2.35. The summed E-state index contributed by atoms with van der Waals surface area (Å²) in [5.41, 5.74) is 0.405. The highest BCUT2D eigenvalue weighted by atomic mass is 32.2. The van der Waals surface area contributed by atoms with Gasteiger partial charge in [0.1, 0.15) is 0 Å². The fraction of sp³-hybridized carbons (Fsp3) is 0.381. The smallest absolute Gasteiger partial charge is 0.369 e. The monoisotopic (exact) mass is 485 g/mol. The van der Waals surface area contributed by atoms with Gasteiger partial charge in [0, 0.05) is 38.4 Å². The molecule has 172 valence electrons. The number of aromatic nitrogens is 1. The molecule has 0 atom stereocenters. The first kappa shape index (κ1) is 22.8. The summed E-state index contributed by atoms with van der Waals surface area (Å²) in [6, 6.07) is 9.75. The quantitative estimate of drug-likeness (QED) is 0.548. The second-order valence-electron chi connectivity index (χ2n) is 7.59. The van der Waals surface area contributed by atoms with Gasteiger partial charge in [-0.2, -0.15) is 17.5 Å². The lowest BCUT2D eigenvalue weighted by molar-refractivity contribution is -0.137. The number of halogens is 3. The normalized spacial score (nSPS) is 16.1. The van der Waals surface area contributed by atoms with Crippen molar-refractivity contribution in [3.05, 3.63) is 57.7 Å². The van der Waals surface area contributed by atoms with Gasteiger partial charge in [0.05, 0.1) is 20.7 Å². The molecule has 32 heavy (non-hydrogen) atoms. The molecule has 2 heterocycles. The zero-order valence-corrected chi connectivity index (χ0v) is 18.9. The van der Waals surface area contributed by atoms with Gasteiger partial charge in [-0.05, 0) is 42.8 Å². The van der Waals surface area contributed by atoms with Crippen molar-refractivity contribution >= 4 is 37.3 Å². The highest BCUT2D eigenvalue weighted by molar-refractivity contribution is 7.89. The molecule has 1 aliphatic rings. The van der Waals surface area contributed by atoms with Crippen molar-refractivity contribution in [3.63, 3.8) is 0 Å². The van der Waals surface area contributed by atoms with Crippen molar-refractivity contribution in [2.24, 2.45) is 0 Å². The van der Waals surface area contributed by atoms with Gasteiger partial charge in [-0.25, -0.2) is 8.42 Å². The maximum absolute atomic E-state index is 13.2. The molecule has 6 nitrogen and oxygen atoms in total. The number of piperazine rings is 1. The molecule has 0 aliphatic carbocycles. The van der Waals surface area contributed by atoms with E-state index in [-0.39, 0.29) is 35.9 Å². The van der Waals surface area contributed by atoms with E-state index < -0.39 is 21.8 Å². The molecule has 4 rings (SSSR count). The molecule has 3 aromatic rings. The van der Waals surface area contributed by atoms with Crippen LogP contribution in [0.4, 0.5) is 18.9 Å². The Morgan fingerprint density at radius 2 is 1.75 bits per heavy atom. The van der Waals surface area contributed by atoms with E-state index in [9.17, 15) is 26.4 Å². The molecule has 1 aromatic heterocycles. The predicted molar refractivity (Wildman–Crippen MR) is 119 cm³/mol. The molecular formula is C21H22F3N3O3S2. The van der Waals surface area contributed by atoms with Crippen molar-refractivity contribution in [2.45, 2.75) is 31.0 Å². The summed E-state index contributed by atoms with van der Waals surface area (Å²) in [7, 11) is -3.78. The van der Waals surface area contributed by atoms with Crippen LogP contribution >= 0.6 is 11.3 Å². The molecule has 1 saturated heterocycles. The lowest BCUT2D eigenvalue weighted by Crippen LogP contribution is -2.48. The fourth-order valence-corrected chi connectivity index (χ4v) is 6.34. The molecule has 0 bridgehead atoms. The SMILES string of the molecule is CCCn1c(=O)sc2cc(S(=O)(=O)N3CCN(c4cccc(C(F)(F)F)c4)CC3)ccc21. The number of rotatable bonds is 5. The van der Waals surface area contributed by atoms with Gasteiger partial charge >= 0.3 is 11.0 Å². The maximum Gasteiger partial charge on any atom is 0.416 e. The predicted octanol–water partition coefficient (Wildman–Crippen LogP) is 4.00. The van der Waals surface area contributed by atoms with E-state index in [2.05, 4.69) is 0 Å². The zero-order chi connectivity index (χ0) is 23.1. The van der Waals surface area contributed by atoms with E-state index in [1.54, 1.807) is 21.6 Å². The van der Waals surface area contributed by atoms with Crippen LogP contribution in [-0.4, -0.2) is 43.5 Å². The van der Waals surface area contributed by atoms with Crippen LogP contribution in [0.3, 0.4) is 0 Å². The molecule has 0 saturated carbocycles. The van der Waals surface area contributed by atoms with Crippen LogP contribution in [0, 0.1) is 0 Å². The largest absolute Gasteiger partial charge is 0.416 e. The Hall–Kier alpha value is -2.37. The van der Waals surface area contributed by atoms with Gasteiger partial charge in [-0.15, -0.1) is 0 Å². The number of hydrogen-bond donors (Lipinski definition) is 0. The molecule has 0 unspecified atom stereocenters. The number of sulfonamides is 1. The first-order valence-corrected chi connectivity index (χ1v) is 12.4. The van der Waals surface area contributed by atoms with Crippen LogP contribution in [0.2, 0.25) is 0 Å². The third kappa shape index (κ3) is 4.28. The second-order valence-corrected chi connectivity index (χ2v) is 10.5. The van der Waals surface area contributed by atoms with Crippen LogP contribution in [0.25, 0.3) is 10.2 Å². The minimum absolute atomic E-state index is 0.113. The summed E-state index contributed by atoms with van der Waals surface area (Å²) < 4.78 is 68.9. The molecule has 0 amide bonds. The fourth-order valence-electron chi connectivity index (χ4n) is 3.86. The van der Waals surface area contributed by atoms with E-state index in [1.165, 1.54) is 22.5 Å². The highest BCUT2D eigenvalue weighted by Crippen LogP contribution is 2.32. The van der Waals surface area contributed by atoms with Crippen LogP contribution < -0.4 is 9.77 Å². The van der Waals surface area contributed by atoms with Gasteiger partial charge in [0.2, 0.25) is 10.0 Å².